The minimum Gasteiger partial charge on any atom is -0.256 e. The molecule has 0 aliphatic heterocycles. The lowest BCUT2D eigenvalue weighted by atomic mass is 9.92. The Morgan fingerprint density at radius 3 is 1.77 bits per heavy atom. The van der Waals surface area contributed by atoms with Crippen molar-refractivity contribution in [3.05, 3.63) is 158 Å². The number of rotatable bonds is 3. The maximum atomic E-state index is 5.42. The minimum atomic E-state index is 0.892. The third-order valence-electron chi connectivity index (χ3n) is 9.59. The molecule has 4 aromatic heterocycles. The van der Waals surface area contributed by atoms with Gasteiger partial charge in [0.15, 0.2) is 0 Å². The number of hydrogen-bond acceptors (Lipinski definition) is 4. The van der Waals surface area contributed by atoms with Crippen molar-refractivity contribution in [1.82, 2.24) is 19.9 Å². The quantitative estimate of drug-likeness (QED) is 0.187. The van der Waals surface area contributed by atoms with Gasteiger partial charge in [0.05, 0.1) is 27.9 Å². The van der Waals surface area contributed by atoms with E-state index in [1.54, 1.807) is 0 Å². The topological polar surface area (TPSA) is 51.6 Å². The van der Waals surface area contributed by atoms with Gasteiger partial charge in [-0.05, 0) is 45.3 Å². The van der Waals surface area contributed by atoms with Gasteiger partial charge in [0.25, 0.3) is 0 Å². The van der Waals surface area contributed by atoms with Crippen LogP contribution in [0.1, 0.15) is 0 Å². The molecule has 0 N–H and O–H groups in total. The second kappa shape index (κ2) is 10.5. The Morgan fingerprint density at radius 1 is 0.354 bits per heavy atom. The summed E-state index contributed by atoms with van der Waals surface area (Å²) in [6.07, 6.45) is 5.61. The van der Waals surface area contributed by atoms with Crippen molar-refractivity contribution in [2.75, 3.05) is 0 Å². The van der Waals surface area contributed by atoms with Gasteiger partial charge in [0, 0.05) is 62.2 Å². The van der Waals surface area contributed by atoms with Crippen LogP contribution in [0.15, 0.2) is 158 Å². The molecule has 0 saturated carbocycles. The summed E-state index contributed by atoms with van der Waals surface area (Å²) in [6.45, 7) is 0. The first-order valence-electron chi connectivity index (χ1n) is 16.1. The molecule has 6 aromatic carbocycles. The maximum absolute atomic E-state index is 5.42. The van der Waals surface area contributed by atoms with Gasteiger partial charge in [-0.15, -0.1) is 0 Å². The van der Waals surface area contributed by atoms with Crippen LogP contribution in [0.4, 0.5) is 0 Å². The summed E-state index contributed by atoms with van der Waals surface area (Å²) < 4.78 is 0. The number of aromatic nitrogens is 4. The molecule has 4 heteroatoms. The minimum absolute atomic E-state index is 0.892. The third-order valence-corrected chi connectivity index (χ3v) is 9.59. The molecule has 0 aliphatic carbocycles. The van der Waals surface area contributed by atoms with Gasteiger partial charge < -0.3 is 0 Å². The summed E-state index contributed by atoms with van der Waals surface area (Å²) in [5.41, 5.74) is 9.03. The highest BCUT2D eigenvalue weighted by atomic mass is 14.7. The molecule has 4 heterocycles. The van der Waals surface area contributed by atoms with Gasteiger partial charge in [-0.3, -0.25) is 15.0 Å². The Labute approximate surface area is 276 Å². The van der Waals surface area contributed by atoms with E-state index < -0.39 is 0 Å². The molecular weight excluding hydrogens is 585 g/mol. The molecule has 0 amide bonds. The van der Waals surface area contributed by atoms with Crippen molar-refractivity contribution >= 4 is 65.0 Å². The monoisotopic (exact) mass is 610 g/mol. The van der Waals surface area contributed by atoms with E-state index in [0.29, 0.717) is 0 Å². The standard InChI is InChI=1S/C44H26N4/c1-3-11-34-31(9-1)32-10-2-5-13-36(32)43-40(34)35-12-4-6-14-37(35)41(48-43)29-17-15-27(16-18-29)30-20-22-39(47-26-30)33-23-25-46-44-38(33)21-19-28-8-7-24-45-42(28)44/h1-26H. The fraction of sp³-hybridized carbons (Fsp3) is 0. The van der Waals surface area contributed by atoms with Gasteiger partial charge in [0.1, 0.15) is 0 Å². The number of pyridine rings is 4. The molecule has 0 saturated heterocycles. The van der Waals surface area contributed by atoms with E-state index in [-0.39, 0.29) is 0 Å². The summed E-state index contributed by atoms with van der Waals surface area (Å²) in [6, 6.07) is 49.2. The van der Waals surface area contributed by atoms with Crippen LogP contribution in [0.25, 0.3) is 98.7 Å². The second-order valence-electron chi connectivity index (χ2n) is 12.2. The van der Waals surface area contributed by atoms with Crippen LogP contribution in [-0.4, -0.2) is 19.9 Å². The molecule has 0 bridgehead atoms. The molecule has 10 rings (SSSR count). The fourth-order valence-corrected chi connectivity index (χ4v) is 7.33. The van der Waals surface area contributed by atoms with E-state index in [1.165, 1.54) is 32.3 Å². The number of hydrogen-bond donors (Lipinski definition) is 0. The predicted octanol–water partition coefficient (Wildman–Crippen LogP) is 11.2. The van der Waals surface area contributed by atoms with Crippen molar-refractivity contribution in [3.63, 3.8) is 0 Å². The van der Waals surface area contributed by atoms with Crippen LogP contribution in [-0.2, 0) is 0 Å². The Balaban J connectivity index is 1.07. The lowest BCUT2D eigenvalue weighted by Crippen LogP contribution is -1.93. The van der Waals surface area contributed by atoms with Crippen molar-refractivity contribution in [2.24, 2.45) is 0 Å². The number of nitrogens with zero attached hydrogens (tertiary/aromatic N) is 4. The van der Waals surface area contributed by atoms with Gasteiger partial charge in [-0.2, -0.15) is 0 Å². The van der Waals surface area contributed by atoms with E-state index in [1.807, 2.05) is 30.7 Å². The second-order valence-corrected chi connectivity index (χ2v) is 12.2. The molecule has 0 atom stereocenters. The van der Waals surface area contributed by atoms with E-state index in [0.717, 1.165) is 66.4 Å². The highest BCUT2D eigenvalue weighted by Crippen LogP contribution is 2.41. The van der Waals surface area contributed by atoms with Crippen LogP contribution in [0, 0.1) is 0 Å². The Morgan fingerprint density at radius 2 is 1.00 bits per heavy atom. The summed E-state index contributed by atoms with van der Waals surface area (Å²) in [5.74, 6) is 0. The van der Waals surface area contributed by atoms with E-state index >= 15 is 0 Å². The smallest absolute Gasteiger partial charge is 0.0971 e. The van der Waals surface area contributed by atoms with Crippen molar-refractivity contribution in [1.29, 1.82) is 0 Å². The highest BCUT2D eigenvalue weighted by Gasteiger charge is 2.16. The zero-order valence-electron chi connectivity index (χ0n) is 25.8. The summed E-state index contributed by atoms with van der Waals surface area (Å²) in [5, 5.41) is 10.6. The average Bonchev–Trinajstić information content (AvgIpc) is 3.17. The summed E-state index contributed by atoms with van der Waals surface area (Å²) >= 11 is 0. The molecular formula is C44H26N4. The summed E-state index contributed by atoms with van der Waals surface area (Å²) in [7, 11) is 0. The lowest BCUT2D eigenvalue weighted by molar-refractivity contribution is 1.32. The Kier molecular flexibility index (Phi) is 5.84. The maximum Gasteiger partial charge on any atom is 0.0971 e. The first kappa shape index (κ1) is 26.7. The van der Waals surface area contributed by atoms with Gasteiger partial charge in [0.2, 0.25) is 0 Å². The van der Waals surface area contributed by atoms with Crippen LogP contribution in [0.3, 0.4) is 0 Å². The van der Waals surface area contributed by atoms with Crippen LogP contribution in [0.2, 0.25) is 0 Å². The largest absolute Gasteiger partial charge is 0.256 e. The Bertz CT molecular complexity index is 2880. The molecule has 10 aromatic rings. The first-order valence-corrected chi connectivity index (χ1v) is 16.1. The third kappa shape index (κ3) is 4.03. The summed E-state index contributed by atoms with van der Waals surface area (Å²) in [4.78, 5) is 19.6. The van der Waals surface area contributed by atoms with E-state index in [4.69, 9.17) is 9.97 Å². The van der Waals surface area contributed by atoms with Gasteiger partial charge >= 0.3 is 0 Å². The predicted molar refractivity (Wildman–Crippen MR) is 199 cm³/mol. The normalized spacial score (nSPS) is 11.8. The molecule has 0 fully saturated rings. The zero-order valence-corrected chi connectivity index (χ0v) is 25.8. The molecule has 0 radical (unpaired) electrons. The molecule has 0 unspecified atom stereocenters. The van der Waals surface area contributed by atoms with Crippen LogP contribution in [0.5, 0.6) is 0 Å². The van der Waals surface area contributed by atoms with E-state index in [9.17, 15) is 0 Å². The lowest BCUT2D eigenvalue weighted by Gasteiger charge is -2.15. The SMILES string of the molecule is c1cnc2c(c1)ccc1c(-c3ccc(-c4ccc(-c5nc6c7ccccc7c7ccccc7c6c6ccccc56)cc4)cn3)ccnc12. The number of fused-ring (bicyclic) bond motifs is 11. The average molecular weight is 611 g/mol. The fourth-order valence-electron chi connectivity index (χ4n) is 7.33. The van der Waals surface area contributed by atoms with E-state index in [2.05, 4.69) is 137 Å². The zero-order chi connectivity index (χ0) is 31.6. The first-order chi connectivity index (χ1) is 23.8. The molecule has 0 spiro atoms. The molecule has 222 valence electrons. The number of benzene rings is 6. The van der Waals surface area contributed by atoms with Crippen LogP contribution < -0.4 is 0 Å². The molecule has 0 aliphatic rings. The highest BCUT2D eigenvalue weighted by molar-refractivity contribution is 6.31. The van der Waals surface area contributed by atoms with Gasteiger partial charge in [-0.25, -0.2) is 4.98 Å². The van der Waals surface area contributed by atoms with Crippen molar-refractivity contribution < 1.29 is 0 Å². The Hall–Kier alpha value is -6.52. The van der Waals surface area contributed by atoms with Crippen molar-refractivity contribution in [3.8, 4) is 33.6 Å². The molecule has 48 heavy (non-hydrogen) atoms. The van der Waals surface area contributed by atoms with Crippen molar-refractivity contribution in [2.45, 2.75) is 0 Å². The van der Waals surface area contributed by atoms with Gasteiger partial charge in [-0.1, -0.05) is 121 Å². The van der Waals surface area contributed by atoms with Crippen LogP contribution >= 0.6 is 0 Å². The molecule has 4 nitrogen and oxygen atoms in total.